The first-order chi connectivity index (χ1) is 11.1. The molecule has 2 rings (SSSR count). The first-order valence-corrected chi connectivity index (χ1v) is 9.41. The first-order valence-electron chi connectivity index (χ1n) is 8.59. The van der Waals surface area contributed by atoms with E-state index in [0.717, 1.165) is 43.4 Å². The van der Waals surface area contributed by atoms with Gasteiger partial charge in [-0.05, 0) is 45.1 Å². The maximum absolute atomic E-state index is 12.3. The number of methoxy groups -OCH3 is 1. The second-order valence-corrected chi connectivity index (χ2v) is 7.51. The summed E-state index contributed by atoms with van der Waals surface area (Å²) in [6.45, 7) is 7.42. The van der Waals surface area contributed by atoms with Crippen LogP contribution in [-0.4, -0.2) is 49.1 Å². The summed E-state index contributed by atoms with van der Waals surface area (Å²) in [7, 11) is 1.75. The number of hydrogen-bond acceptors (Lipinski definition) is 5. The number of amides is 1. The van der Waals surface area contributed by atoms with E-state index in [4.69, 9.17) is 4.74 Å². The van der Waals surface area contributed by atoms with Gasteiger partial charge in [-0.15, -0.1) is 11.3 Å². The second kappa shape index (κ2) is 9.35. The molecule has 1 aromatic rings. The fraction of sp³-hybridized carbons (Fsp3) is 0.765. The molecule has 0 radical (unpaired) electrons. The normalized spacial score (nSPS) is 19.5. The largest absolute Gasteiger partial charge is 0.385 e. The summed E-state index contributed by atoms with van der Waals surface area (Å²) in [5.74, 6) is 0.688. The molecule has 6 heteroatoms. The Labute approximate surface area is 143 Å². The average Bonchev–Trinajstić information content (AvgIpc) is 2.73. The molecule has 0 aliphatic carbocycles. The van der Waals surface area contributed by atoms with Crippen LogP contribution in [0.1, 0.15) is 43.2 Å². The van der Waals surface area contributed by atoms with Gasteiger partial charge in [0.05, 0.1) is 12.2 Å². The molecule has 0 saturated carbocycles. The lowest BCUT2D eigenvalue weighted by atomic mass is 10.0. The number of carbonyl (C=O) groups is 1. The van der Waals surface area contributed by atoms with Gasteiger partial charge < -0.3 is 10.1 Å². The van der Waals surface area contributed by atoms with Crippen molar-refractivity contribution in [2.45, 2.75) is 46.0 Å². The number of ether oxygens (including phenoxy) is 1. The summed E-state index contributed by atoms with van der Waals surface area (Å²) >= 11 is 1.57. The molecule has 1 aromatic heterocycles. The van der Waals surface area contributed by atoms with E-state index < -0.39 is 0 Å². The number of thiazole rings is 1. The number of carbonyl (C=O) groups excluding carboxylic acids is 1. The van der Waals surface area contributed by atoms with Gasteiger partial charge in [0, 0.05) is 25.1 Å². The smallest absolute Gasteiger partial charge is 0.240 e. The van der Waals surface area contributed by atoms with E-state index in [1.807, 2.05) is 0 Å². The van der Waals surface area contributed by atoms with Gasteiger partial charge >= 0.3 is 0 Å². The van der Waals surface area contributed by atoms with E-state index in [-0.39, 0.29) is 5.91 Å². The molecule has 2 heterocycles. The molecule has 1 atom stereocenters. The number of aryl methyl sites for hydroxylation is 2. The zero-order chi connectivity index (χ0) is 16.7. The van der Waals surface area contributed by atoms with Crippen molar-refractivity contribution in [3.05, 3.63) is 10.6 Å². The van der Waals surface area contributed by atoms with E-state index in [1.54, 1.807) is 18.4 Å². The number of anilines is 1. The van der Waals surface area contributed by atoms with Crippen LogP contribution in [0.2, 0.25) is 0 Å². The summed E-state index contributed by atoms with van der Waals surface area (Å²) in [5, 5.41) is 3.70. The topological polar surface area (TPSA) is 54.5 Å². The predicted molar refractivity (Wildman–Crippen MR) is 95.1 cm³/mol. The minimum absolute atomic E-state index is 0.0498. The first kappa shape index (κ1) is 18.4. The zero-order valence-corrected chi connectivity index (χ0v) is 15.4. The lowest BCUT2D eigenvalue weighted by Crippen LogP contribution is -2.36. The lowest BCUT2D eigenvalue weighted by Gasteiger charge is -2.23. The molecule has 0 aromatic carbocycles. The number of hydrogen-bond donors (Lipinski definition) is 1. The summed E-state index contributed by atoms with van der Waals surface area (Å²) < 4.78 is 5.20. The molecule has 1 fully saturated rings. The molecule has 5 nitrogen and oxygen atoms in total. The highest BCUT2D eigenvalue weighted by Crippen LogP contribution is 2.23. The lowest BCUT2D eigenvalue weighted by molar-refractivity contribution is -0.117. The average molecular weight is 340 g/mol. The third-order valence-corrected chi connectivity index (χ3v) is 5.35. The van der Waals surface area contributed by atoms with Crippen molar-refractivity contribution in [1.82, 2.24) is 9.88 Å². The summed E-state index contributed by atoms with van der Waals surface area (Å²) in [4.78, 5) is 20.3. The van der Waals surface area contributed by atoms with Crippen LogP contribution in [0.3, 0.4) is 0 Å². The van der Waals surface area contributed by atoms with Crippen LogP contribution < -0.4 is 5.32 Å². The molecule has 130 valence electrons. The highest BCUT2D eigenvalue weighted by Gasteiger charge is 2.20. The quantitative estimate of drug-likeness (QED) is 0.829. The van der Waals surface area contributed by atoms with Crippen molar-refractivity contribution in [2.24, 2.45) is 5.92 Å². The standard InChI is InChI=1S/C17H29N3O2S/c1-4-15-13(2)23-17(18-15)19-16(21)12-20-9-6-5-7-14(11-20)8-10-22-3/h14H,4-12H2,1-3H3,(H,18,19,21). The maximum Gasteiger partial charge on any atom is 0.240 e. The van der Waals surface area contributed by atoms with E-state index in [2.05, 4.69) is 29.0 Å². The molecule has 1 N–H and O–H groups in total. The summed E-state index contributed by atoms with van der Waals surface area (Å²) in [6.07, 6.45) is 5.66. The molecule has 1 aliphatic heterocycles. The van der Waals surface area contributed by atoms with Gasteiger partial charge in [-0.2, -0.15) is 0 Å². The third kappa shape index (κ3) is 5.86. The number of likely N-dealkylation sites (tertiary alicyclic amines) is 1. The Balaban J connectivity index is 1.85. The highest BCUT2D eigenvalue weighted by molar-refractivity contribution is 7.15. The van der Waals surface area contributed by atoms with Crippen LogP contribution in [0.5, 0.6) is 0 Å². The van der Waals surface area contributed by atoms with Crippen molar-refractivity contribution in [1.29, 1.82) is 0 Å². The van der Waals surface area contributed by atoms with Gasteiger partial charge in [-0.1, -0.05) is 13.3 Å². The fourth-order valence-electron chi connectivity index (χ4n) is 3.15. The van der Waals surface area contributed by atoms with Crippen LogP contribution in [0.4, 0.5) is 5.13 Å². The minimum atomic E-state index is 0.0498. The van der Waals surface area contributed by atoms with Gasteiger partial charge in [0.2, 0.25) is 5.91 Å². The van der Waals surface area contributed by atoms with Crippen LogP contribution in [0.25, 0.3) is 0 Å². The predicted octanol–water partition coefficient (Wildman–Crippen LogP) is 3.09. The zero-order valence-electron chi connectivity index (χ0n) is 14.6. The van der Waals surface area contributed by atoms with Crippen molar-refractivity contribution in [3.63, 3.8) is 0 Å². The number of nitrogens with one attached hydrogen (secondary N) is 1. The van der Waals surface area contributed by atoms with Gasteiger partial charge in [-0.3, -0.25) is 9.69 Å². The van der Waals surface area contributed by atoms with E-state index in [9.17, 15) is 4.79 Å². The molecule has 23 heavy (non-hydrogen) atoms. The Kier molecular flexibility index (Phi) is 7.46. The SMILES string of the molecule is CCc1nc(NC(=O)CN2CCCCC(CCOC)C2)sc1C. The van der Waals surface area contributed by atoms with Crippen LogP contribution >= 0.6 is 11.3 Å². The van der Waals surface area contributed by atoms with Gasteiger partial charge in [-0.25, -0.2) is 4.98 Å². The number of nitrogens with zero attached hydrogens (tertiary/aromatic N) is 2. The molecule has 1 saturated heterocycles. The molecular weight excluding hydrogens is 310 g/mol. The van der Waals surface area contributed by atoms with E-state index in [1.165, 1.54) is 24.1 Å². The highest BCUT2D eigenvalue weighted by atomic mass is 32.1. The molecule has 0 bridgehead atoms. The Morgan fingerprint density at radius 2 is 2.30 bits per heavy atom. The Hall–Kier alpha value is -0.980. The molecule has 0 spiro atoms. The van der Waals surface area contributed by atoms with Crippen LogP contribution in [0.15, 0.2) is 0 Å². The van der Waals surface area contributed by atoms with Crippen molar-refractivity contribution >= 4 is 22.4 Å². The van der Waals surface area contributed by atoms with Crippen molar-refractivity contribution < 1.29 is 9.53 Å². The summed E-state index contributed by atoms with van der Waals surface area (Å²) in [5.41, 5.74) is 1.08. The van der Waals surface area contributed by atoms with Crippen molar-refractivity contribution in [2.75, 3.05) is 38.7 Å². The van der Waals surface area contributed by atoms with E-state index >= 15 is 0 Å². The van der Waals surface area contributed by atoms with Crippen LogP contribution in [0, 0.1) is 12.8 Å². The minimum Gasteiger partial charge on any atom is -0.385 e. The number of rotatable bonds is 7. The second-order valence-electron chi connectivity index (χ2n) is 6.30. The summed E-state index contributed by atoms with van der Waals surface area (Å²) in [6, 6.07) is 0. The molecule has 1 unspecified atom stereocenters. The number of aromatic nitrogens is 1. The van der Waals surface area contributed by atoms with Crippen LogP contribution in [-0.2, 0) is 16.0 Å². The molecular formula is C17H29N3O2S. The monoisotopic (exact) mass is 339 g/mol. The fourth-order valence-corrected chi connectivity index (χ4v) is 4.07. The van der Waals surface area contributed by atoms with Gasteiger partial charge in [0.1, 0.15) is 0 Å². The van der Waals surface area contributed by atoms with Gasteiger partial charge in [0.15, 0.2) is 5.13 Å². The third-order valence-electron chi connectivity index (χ3n) is 4.42. The Morgan fingerprint density at radius 3 is 3.00 bits per heavy atom. The Morgan fingerprint density at radius 1 is 1.48 bits per heavy atom. The van der Waals surface area contributed by atoms with Gasteiger partial charge in [0.25, 0.3) is 0 Å². The molecule has 1 amide bonds. The van der Waals surface area contributed by atoms with E-state index in [0.29, 0.717) is 12.5 Å². The Bertz CT molecular complexity index is 504. The van der Waals surface area contributed by atoms with Crippen molar-refractivity contribution in [3.8, 4) is 0 Å². The molecule has 1 aliphatic rings. The maximum atomic E-state index is 12.3.